The number of aromatic amines is 1. The third-order valence-electron chi connectivity index (χ3n) is 4.49. The van der Waals surface area contributed by atoms with E-state index in [0.717, 1.165) is 54.4 Å². The SMILES string of the molecule is Cc1cccc2ccc(NCc3nc(C4CCOCC4)n[nH]3)nc12. The van der Waals surface area contributed by atoms with Gasteiger partial charge < -0.3 is 10.1 Å². The summed E-state index contributed by atoms with van der Waals surface area (Å²) in [6.07, 6.45) is 1.99. The van der Waals surface area contributed by atoms with Gasteiger partial charge in [-0.1, -0.05) is 18.2 Å². The van der Waals surface area contributed by atoms with Crippen molar-refractivity contribution < 1.29 is 4.74 Å². The van der Waals surface area contributed by atoms with E-state index < -0.39 is 0 Å². The first-order valence-electron chi connectivity index (χ1n) is 8.39. The number of benzene rings is 1. The minimum Gasteiger partial charge on any atom is -0.381 e. The van der Waals surface area contributed by atoms with Gasteiger partial charge in [0.15, 0.2) is 5.82 Å². The van der Waals surface area contributed by atoms with Gasteiger partial charge in [-0.2, -0.15) is 5.10 Å². The number of ether oxygens (including phenoxy) is 1. The van der Waals surface area contributed by atoms with Crippen LogP contribution in [0, 0.1) is 6.92 Å². The second-order valence-corrected chi connectivity index (χ2v) is 6.22. The Morgan fingerprint density at radius 1 is 1.17 bits per heavy atom. The Labute approximate surface area is 140 Å². The van der Waals surface area contributed by atoms with E-state index in [1.807, 2.05) is 6.07 Å². The Kier molecular flexibility index (Phi) is 4.13. The Morgan fingerprint density at radius 2 is 2.04 bits per heavy atom. The zero-order chi connectivity index (χ0) is 16.4. The first-order valence-corrected chi connectivity index (χ1v) is 8.39. The molecule has 0 spiro atoms. The molecular weight excluding hydrogens is 302 g/mol. The summed E-state index contributed by atoms with van der Waals surface area (Å²) in [7, 11) is 0. The van der Waals surface area contributed by atoms with Crippen molar-refractivity contribution in [3.8, 4) is 0 Å². The van der Waals surface area contributed by atoms with Crippen LogP contribution in [0.3, 0.4) is 0 Å². The minimum atomic E-state index is 0.408. The van der Waals surface area contributed by atoms with Crippen molar-refractivity contribution in [3.05, 3.63) is 47.5 Å². The number of aromatic nitrogens is 4. The highest BCUT2D eigenvalue weighted by molar-refractivity contribution is 5.83. The van der Waals surface area contributed by atoms with Crippen molar-refractivity contribution in [3.63, 3.8) is 0 Å². The lowest BCUT2D eigenvalue weighted by Gasteiger charge is -2.18. The molecular formula is C18H21N5O. The molecule has 0 bridgehead atoms. The van der Waals surface area contributed by atoms with Gasteiger partial charge in [0.05, 0.1) is 12.1 Å². The van der Waals surface area contributed by atoms with Crippen LogP contribution >= 0.6 is 0 Å². The van der Waals surface area contributed by atoms with Gasteiger partial charge in [0.25, 0.3) is 0 Å². The molecule has 2 N–H and O–H groups in total. The number of hydrogen-bond acceptors (Lipinski definition) is 5. The number of rotatable bonds is 4. The molecule has 2 aromatic heterocycles. The molecule has 3 heterocycles. The van der Waals surface area contributed by atoms with Gasteiger partial charge in [-0.3, -0.25) is 5.10 Å². The van der Waals surface area contributed by atoms with Crippen molar-refractivity contribution in [1.29, 1.82) is 0 Å². The maximum Gasteiger partial charge on any atom is 0.154 e. The summed E-state index contributed by atoms with van der Waals surface area (Å²) < 4.78 is 5.39. The molecule has 1 aliphatic heterocycles. The molecule has 24 heavy (non-hydrogen) atoms. The molecule has 0 unspecified atom stereocenters. The number of H-pyrrole nitrogens is 1. The molecule has 3 aromatic rings. The predicted octanol–water partition coefficient (Wildman–Crippen LogP) is 3.17. The van der Waals surface area contributed by atoms with E-state index in [1.165, 1.54) is 5.56 Å². The molecule has 0 amide bonds. The second-order valence-electron chi connectivity index (χ2n) is 6.22. The lowest BCUT2D eigenvalue weighted by molar-refractivity contribution is 0.0836. The molecule has 1 aromatic carbocycles. The second kappa shape index (κ2) is 6.57. The molecule has 1 fully saturated rings. The number of anilines is 1. The average molecular weight is 323 g/mol. The predicted molar refractivity (Wildman–Crippen MR) is 93.0 cm³/mol. The third kappa shape index (κ3) is 3.10. The van der Waals surface area contributed by atoms with Gasteiger partial charge in [0.1, 0.15) is 11.6 Å². The zero-order valence-electron chi connectivity index (χ0n) is 13.7. The highest BCUT2D eigenvalue weighted by Crippen LogP contribution is 2.24. The van der Waals surface area contributed by atoms with E-state index in [9.17, 15) is 0 Å². The van der Waals surface area contributed by atoms with Crippen LogP contribution < -0.4 is 5.32 Å². The highest BCUT2D eigenvalue weighted by Gasteiger charge is 2.20. The first-order chi connectivity index (χ1) is 11.8. The average Bonchev–Trinajstić information content (AvgIpc) is 3.10. The number of aryl methyl sites for hydroxylation is 1. The molecule has 1 aliphatic rings. The van der Waals surface area contributed by atoms with Crippen LogP contribution in [0.5, 0.6) is 0 Å². The van der Waals surface area contributed by atoms with Crippen LogP contribution in [-0.4, -0.2) is 33.4 Å². The first kappa shape index (κ1) is 15.1. The number of pyridine rings is 1. The number of nitrogens with zero attached hydrogens (tertiary/aromatic N) is 3. The van der Waals surface area contributed by atoms with Crippen LogP contribution in [-0.2, 0) is 11.3 Å². The van der Waals surface area contributed by atoms with Crippen LogP contribution in [0.1, 0.15) is 36.0 Å². The number of para-hydroxylation sites is 1. The molecule has 6 heteroatoms. The van der Waals surface area contributed by atoms with Crippen LogP contribution in [0.15, 0.2) is 30.3 Å². The maximum absolute atomic E-state index is 5.39. The summed E-state index contributed by atoms with van der Waals surface area (Å²) in [5, 5.41) is 11.9. The normalized spacial score (nSPS) is 15.7. The molecule has 124 valence electrons. The summed E-state index contributed by atoms with van der Waals surface area (Å²) in [6.45, 7) is 4.26. The molecule has 0 saturated carbocycles. The van der Waals surface area contributed by atoms with Crippen molar-refractivity contribution in [2.45, 2.75) is 32.2 Å². The summed E-state index contributed by atoms with van der Waals surface area (Å²) in [5.41, 5.74) is 2.21. The van der Waals surface area contributed by atoms with Gasteiger partial charge in [0, 0.05) is 24.5 Å². The summed E-state index contributed by atoms with van der Waals surface area (Å²) in [6, 6.07) is 10.3. The van der Waals surface area contributed by atoms with Crippen molar-refractivity contribution in [2.75, 3.05) is 18.5 Å². The maximum atomic E-state index is 5.39. The lowest BCUT2D eigenvalue weighted by Crippen LogP contribution is -2.15. The topological polar surface area (TPSA) is 75.7 Å². The van der Waals surface area contributed by atoms with Gasteiger partial charge >= 0.3 is 0 Å². The highest BCUT2D eigenvalue weighted by atomic mass is 16.5. The summed E-state index contributed by atoms with van der Waals surface area (Å²) in [4.78, 5) is 9.31. The monoisotopic (exact) mass is 323 g/mol. The van der Waals surface area contributed by atoms with Crippen molar-refractivity contribution in [2.24, 2.45) is 0 Å². The van der Waals surface area contributed by atoms with Crippen molar-refractivity contribution in [1.82, 2.24) is 20.2 Å². The fourth-order valence-corrected chi connectivity index (χ4v) is 3.10. The number of hydrogen-bond donors (Lipinski definition) is 2. The molecule has 0 aliphatic carbocycles. The number of fused-ring (bicyclic) bond motifs is 1. The van der Waals surface area contributed by atoms with Crippen LogP contribution in [0.25, 0.3) is 10.9 Å². The van der Waals surface area contributed by atoms with E-state index in [1.54, 1.807) is 0 Å². The third-order valence-corrected chi connectivity index (χ3v) is 4.49. The fourth-order valence-electron chi connectivity index (χ4n) is 3.10. The smallest absolute Gasteiger partial charge is 0.154 e. The van der Waals surface area contributed by atoms with Crippen molar-refractivity contribution >= 4 is 16.7 Å². The van der Waals surface area contributed by atoms with E-state index in [-0.39, 0.29) is 0 Å². The standard InChI is InChI=1S/C18H21N5O/c1-12-3-2-4-13-5-6-15(20-17(12)13)19-11-16-21-18(23-22-16)14-7-9-24-10-8-14/h2-6,14H,7-11H2,1H3,(H,19,20)(H,21,22,23). The van der Waals surface area contributed by atoms with Gasteiger partial charge in [-0.15, -0.1) is 0 Å². The van der Waals surface area contributed by atoms with Gasteiger partial charge in [-0.25, -0.2) is 9.97 Å². The summed E-state index contributed by atoms with van der Waals surface area (Å²) in [5.74, 6) is 2.99. The Hall–Kier alpha value is -2.47. The molecule has 0 atom stereocenters. The van der Waals surface area contributed by atoms with Crippen LogP contribution in [0.2, 0.25) is 0 Å². The quantitative estimate of drug-likeness (QED) is 0.771. The molecule has 1 saturated heterocycles. The zero-order valence-corrected chi connectivity index (χ0v) is 13.7. The molecule has 4 rings (SSSR count). The fraction of sp³-hybridized carbons (Fsp3) is 0.389. The largest absolute Gasteiger partial charge is 0.381 e. The van der Waals surface area contributed by atoms with E-state index in [2.05, 4.69) is 51.7 Å². The number of nitrogens with one attached hydrogen (secondary N) is 2. The van der Waals surface area contributed by atoms with Gasteiger partial charge in [-0.05, 0) is 37.5 Å². The van der Waals surface area contributed by atoms with E-state index in [0.29, 0.717) is 12.5 Å². The molecule has 6 nitrogen and oxygen atoms in total. The van der Waals surface area contributed by atoms with Crippen LogP contribution in [0.4, 0.5) is 5.82 Å². The molecule has 0 radical (unpaired) electrons. The van der Waals surface area contributed by atoms with E-state index in [4.69, 9.17) is 9.72 Å². The van der Waals surface area contributed by atoms with Gasteiger partial charge in [0.2, 0.25) is 0 Å². The Bertz CT molecular complexity index is 838. The Morgan fingerprint density at radius 3 is 2.92 bits per heavy atom. The Balaban J connectivity index is 1.45. The van der Waals surface area contributed by atoms with E-state index >= 15 is 0 Å². The summed E-state index contributed by atoms with van der Waals surface area (Å²) >= 11 is 0. The lowest BCUT2D eigenvalue weighted by atomic mass is 10.00. The minimum absolute atomic E-state index is 0.408.